The minimum Gasteiger partial charge on any atom is -0.395 e. The second kappa shape index (κ2) is 9.46. The molecule has 1 saturated heterocycles. The summed E-state index contributed by atoms with van der Waals surface area (Å²) in [6, 6.07) is 7.59. The molecule has 0 aliphatic carbocycles. The first-order valence-corrected chi connectivity index (χ1v) is 9.63. The molecule has 4 nitrogen and oxygen atoms in total. The van der Waals surface area contributed by atoms with Gasteiger partial charge in [0.1, 0.15) is 6.54 Å². The van der Waals surface area contributed by atoms with Crippen LogP contribution < -0.4 is 5.32 Å². The van der Waals surface area contributed by atoms with Crippen molar-refractivity contribution >= 4 is 16.6 Å². The van der Waals surface area contributed by atoms with Crippen molar-refractivity contribution in [2.45, 2.75) is 52.4 Å². The number of aliphatic hydroxyl groups is 1. The van der Waals surface area contributed by atoms with Crippen molar-refractivity contribution in [1.29, 1.82) is 0 Å². The number of alkyl halides is 3. The first-order valence-electron chi connectivity index (χ1n) is 9.63. The van der Waals surface area contributed by atoms with Gasteiger partial charge in [-0.05, 0) is 38.0 Å². The lowest BCUT2D eigenvalue weighted by Crippen LogP contribution is -2.40. The van der Waals surface area contributed by atoms with Crippen molar-refractivity contribution in [2.24, 2.45) is 0 Å². The lowest BCUT2D eigenvalue weighted by Gasteiger charge is -2.32. The smallest absolute Gasteiger partial charge is 0.395 e. The molecule has 152 valence electrons. The summed E-state index contributed by atoms with van der Waals surface area (Å²) in [5, 5.41) is 13.3. The molecule has 0 unspecified atom stereocenters. The third-order valence-corrected chi connectivity index (χ3v) is 4.85. The van der Waals surface area contributed by atoms with Gasteiger partial charge in [-0.3, -0.25) is 0 Å². The number of likely N-dealkylation sites (tertiary alicyclic amines) is 1. The monoisotopic (exact) mass is 385 g/mol. The number of benzene rings is 1. The minimum atomic E-state index is -4.24. The first-order chi connectivity index (χ1) is 12.9. The van der Waals surface area contributed by atoms with Crippen molar-refractivity contribution in [3.05, 3.63) is 30.0 Å². The maximum absolute atomic E-state index is 12.8. The molecular weight excluding hydrogens is 355 g/mol. The van der Waals surface area contributed by atoms with E-state index in [0.29, 0.717) is 23.8 Å². The zero-order valence-corrected chi connectivity index (χ0v) is 16.3. The third kappa shape index (κ3) is 5.62. The number of aryl methyl sites for hydroxylation is 1. The first kappa shape index (κ1) is 21.6. The molecule has 3 rings (SSSR count). The molecule has 0 spiro atoms. The van der Waals surface area contributed by atoms with Gasteiger partial charge < -0.3 is 19.9 Å². The largest absolute Gasteiger partial charge is 0.406 e. The summed E-state index contributed by atoms with van der Waals surface area (Å²) < 4.78 is 39.8. The van der Waals surface area contributed by atoms with E-state index in [9.17, 15) is 13.2 Å². The average Bonchev–Trinajstić information content (AvgIpc) is 2.94. The molecule has 0 radical (unpaired) electrons. The second-order valence-electron chi connectivity index (χ2n) is 6.71. The van der Waals surface area contributed by atoms with Crippen molar-refractivity contribution in [3.63, 3.8) is 0 Å². The van der Waals surface area contributed by atoms with Crippen LogP contribution in [0.2, 0.25) is 0 Å². The summed E-state index contributed by atoms with van der Waals surface area (Å²) in [5.41, 5.74) is 2.11. The highest BCUT2D eigenvalue weighted by atomic mass is 19.4. The van der Waals surface area contributed by atoms with Crippen LogP contribution in [0, 0.1) is 6.92 Å². The lowest BCUT2D eigenvalue weighted by molar-refractivity contribution is -0.140. The molecule has 1 aromatic heterocycles. The molecule has 7 heteroatoms. The van der Waals surface area contributed by atoms with Crippen LogP contribution in [0.25, 0.3) is 10.9 Å². The molecule has 0 amide bonds. The summed E-state index contributed by atoms with van der Waals surface area (Å²) in [5.74, 6) is 0. The zero-order valence-electron chi connectivity index (χ0n) is 16.3. The number of nitrogens with one attached hydrogen (secondary N) is 1. The van der Waals surface area contributed by atoms with Crippen LogP contribution in [0.4, 0.5) is 18.9 Å². The Labute approximate surface area is 159 Å². The van der Waals surface area contributed by atoms with Crippen molar-refractivity contribution in [1.82, 2.24) is 9.47 Å². The van der Waals surface area contributed by atoms with Gasteiger partial charge in [0.25, 0.3) is 0 Å². The number of hydrogen-bond donors (Lipinski definition) is 2. The number of fused-ring (bicyclic) bond motifs is 1. The summed E-state index contributed by atoms with van der Waals surface area (Å²) >= 11 is 0. The van der Waals surface area contributed by atoms with E-state index in [1.54, 1.807) is 19.1 Å². The summed E-state index contributed by atoms with van der Waals surface area (Å²) in [6.07, 6.45) is -2.32. The fourth-order valence-corrected chi connectivity index (χ4v) is 3.59. The summed E-state index contributed by atoms with van der Waals surface area (Å²) in [4.78, 5) is 2.22. The van der Waals surface area contributed by atoms with Gasteiger partial charge in [-0.2, -0.15) is 13.2 Å². The third-order valence-electron chi connectivity index (χ3n) is 4.85. The average molecular weight is 385 g/mol. The maximum Gasteiger partial charge on any atom is 0.406 e. The molecule has 1 fully saturated rings. The zero-order chi connectivity index (χ0) is 20.0. The summed E-state index contributed by atoms with van der Waals surface area (Å²) in [7, 11) is 0. The Bertz CT molecular complexity index is 719. The van der Waals surface area contributed by atoms with Gasteiger partial charge in [0.15, 0.2) is 0 Å². The van der Waals surface area contributed by atoms with E-state index >= 15 is 0 Å². The van der Waals surface area contributed by atoms with Crippen LogP contribution in [0.3, 0.4) is 0 Å². The van der Waals surface area contributed by atoms with E-state index < -0.39 is 12.7 Å². The molecule has 0 atom stereocenters. The Hall–Kier alpha value is -1.73. The molecule has 0 saturated carbocycles. The molecule has 2 aromatic rings. The number of aromatic nitrogens is 1. The van der Waals surface area contributed by atoms with Crippen molar-refractivity contribution in [2.75, 3.05) is 31.6 Å². The lowest BCUT2D eigenvalue weighted by atomic mass is 10.0. The predicted molar refractivity (Wildman–Crippen MR) is 104 cm³/mol. The van der Waals surface area contributed by atoms with E-state index in [-0.39, 0.29) is 6.61 Å². The number of aliphatic hydroxyl groups excluding tert-OH is 1. The number of β-amino-alcohol motifs (C(OH)–C–C–N with tert-alkyl or cyclic N) is 1. The number of piperidine rings is 1. The van der Waals surface area contributed by atoms with Gasteiger partial charge in [-0.25, -0.2) is 0 Å². The number of anilines is 1. The Morgan fingerprint density at radius 3 is 2.44 bits per heavy atom. The molecule has 1 aromatic carbocycles. The molecule has 2 N–H and O–H groups in total. The van der Waals surface area contributed by atoms with Crippen molar-refractivity contribution in [3.8, 4) is 0 Å². The van der Waals surface area contributed by atoms with Crippen LogP contribution in [0.1, 0.15) is 32.4 Å². The Morgan fingerprint density at radius 1 is 1.19 bits per heavy atom. The van der Waals surface area contributed by atoms with E-state index in [2.05, 4.69) is 10.2 Å². The maximum atomic E-state index is 12.8. The summed E-state index contributed by atoms with van der Waals surface area (Å²) in [6.45, 7) is 7.45. The molecule has 2 heterocycles. The highest BCUT2D eigenvalue weighted by Gasteiger charge is 2.29. The molecule has 1 aliphatic heterocycles. The van der Waals surface area contributed by atoms with E-state index in [0.717, 1.165) is 37.0 Å². The van der Waals surface area contributed by atoms with Gasteiger partial charge in [0, 0.05) is 42.4 Å². The molecule has 0 bridgehead atoms. The highest BCUT2D eigenvalue weighted by molar-refractivity contribution is 5.93. The van der Waals surface area contributed by atoms with Gasteiger partial charge in [-0.1, -0.05) is 19.9 Å². The van der Waals surface area contributed by atoms with Gasteiger partial charge >= 0.3 is 6.18 Å². The van der Waals surface area contributed by atoms with E-state index in [1.807, 2.05) is 26.0 Å². The topological polar surface area (TPSA) is 40.4 Å². The molecular formula is C20H30F3N3O. The van der Waals surface area contributed by atoms with Crippen LogP contribution in [0.15, 0.2) is 24.3 Å². The molecule has 27 heavy (non-hydrogen) atoms. The fourth-order valence-electron chi connectivity index (χ4n) is 3.59. The van der Waals surface area contributed by atoms with Crippen LogP contribution in [-0.4, -0.2) is 53.0 Å². The van der Waals surface area contributed by atoms with Crippen molar-refractivity contribution < 1.29 is 18.3 Å². The fraction of sp³-hybridized carbons (Fsp3) is 0.600. The van der Waals surface area contributed by atoms with Gasteiger partial charge in [0.05, 0.1) is 12.1 Å². The number of rotatable bonds is 5. The van der Waals surface area contributed by atoms with E-state index in [4.69, 9.17) is 5.11 Å². The van der Waals surface area contributed by atoms with Gasteiger partial charge in [0.2, 0.25) is 0 Å². The standard InChI is InChI=1S/C18H24F3N3O.C2H6/c1-13-11-15-16(22-14-5-7-23(8-6-14)9-10-25)3-2-4-17(15)24(13)12-18(19,20)21;1-2/h2-4,11,14,22,25H,5-10,12H2,1H3;1-2H3. The normalized spacial score (nSPS) is 16.3. The predicted octanol–water partition coefficient (Wildman–Crippen LogP) is 4.41. The number of hydrogen-bond acceptors (Lipinski definition) is 3. The Morgan fingerprint density at radius 2 is 1.85 bits per heavy atom. The van der Waals surface area contributed by atoms with Crippen LogP contribution in [-0.2, 0) is 6.54 Å². The number of halogens is 3. The van der Waals surface area contributed by atoms with Crippen LogP contribution in [0.5, 0.6) is 0 Å². The van der Waals surface area contributed by atoms with E-state index in [1.165, 1.54) is 4.57 Å². The minimum absolute atomic E-state index is 0.170. The van der Waals surface area contributed by atoms with Gasteiger partial charge in [-0.15, -0.1) is 0 Å². The SMILES string of the molecule is CC.Cc1cc2c(NC3CCN(CCO)CC3)cccc2n1CC(F)(F)F. The highest BCUT2D eigenvalue weighted by Crippen LogP contribution is 2.31. The quantitative estimate of drug-likeness (QED) is 0.801. The molecule has 1 aliphatic rings. The Kier molecular flexibility index (Phi) is 7.56. The Balaban J connectivity index is 0.00000126. The number of nitrogens with zero attached hydrogens (tertiary/aromatic N) is 2. The second-order valence-corrected chi connectivity index (χ2v) is 6.71. The van der Waals surface area contributed by atoms with Crippen LogP contribution >= 0.6 is 0 Å².